The molecular weight excluding hydrogens is 260 g/mol. The van der Waals surface area contributed by atoms with E-state index in [9.17, 15) is 5.11 Å². The summed E-state index contributed by atoms with van der Waals surface area (Å²) in [6, 6.07) is 0.576. The van der Waals surface area contributed by atoms with Crippen LogP contribution in [0.15, 0.2) is 0 Å². The minimum atomic E-state index is -0.0832. The highest BCUT2D eigenvalue weighted by Gasteiger charge is 2.35. The van der Waals surface area contributed by atoms with E-state index in [4.69, 9.17) is 0 Å². The Bertz CT molecular complexity index is 298. The highest BCUT2D eigenvalue weighted by Crippen LogP contribution is 2.36. The molecule has 21 heavy (non-hydrogen) atoms. The molecule has 1 saturated carbocycles. The number of rotatable bonds is 5. The fourth-order valence-corrected chi connectivity index (χ4v) is 4.13. The van der Waals surface area contributed by atoms with Crippen LogP contribution in [-0.2, 0) is 0 Å². The van der Waals surface area contributed by atoms with E-state index in [1.807, 2.05) is 0 Å². The summed E-state index contributed by atoms with van der Waals surface area (Å²) < 4.78 is 0. The van der Waals surface area contributed by atoms with E-state index in [1.165, 1.54) is 45.1 Å². The van der Waals surface area contributed by atoms with E-state index in [1.54, 1.807) is 0 Å². The molecule has 0 radical (unpaired) electrons. The van der Waals surface area contributed by atoms with Crippen LogP contribution in [0.5, 0.6) is 0 Å². The molecule has 124 valence electrons. The smallest absolute Gasteiger partial charge is 0.0590 e. The molecular formula is C18H36N2O. The predicted molar refractivity (Wildman–Crippen MR) is 89.5 cm³/mol. The summed E-state index contributed by atoms with van der Waals surface area (Å²) in [5.41, 5.74) is 0.461. The minimum Gasteiger partial charge on any atom is -0.393 e. The summed E-state index contributed by atoms with van der Waals surface area (Å²) in [7, 11) is 0. The van der Waals surface area contributed by atoms with Crippen LogP contribution in [0.2, 0.25) is 0 Å². The third kappa shape index (κ3) is 5.22. The lowest BCUT2D eigenvalue weighted by Crippen LogP contribution is -2.50. The molecule has 1 saturated heterocycles. The Hall–Kier alpha value is -0.120. The van der Waals surface area contributed by atoms with Gasteiger partial charge in [0.1, 0.15) is 0 Å². The highest BCUT2D eigenvalue weighted by molar-refractivity contribution is 4.89. The van der Waals surface area contributed by atoms with Crippen LogP contribution >= 0.6 is 0 Å². The molecule has 3 heteroatoms. The maximum atomic E-state index is 9.95. The number of hydrogen-bond acceptors (Lipinski definition) is 3. The first-order valence-corrected chi connectivity index (χ1v) is 9.15. The number of nitrogens with zero attached hydrogens (tertiary/aromatic N) is 1. The largest absolute Gasteiger partial charge is 0.393 e. The molecule has 0 aromatic heterocycles. The zero-order valence-corrected chi connectivity index (χ0v) is 14.4. The van der Waals surface area contributed by atoms with Crippen molar-refractivity contribution in [1.29, 1.82) is 0 Å². The van der Waals surface area contributed by atoms with Crippen LogP contribution in [0.3, 0.4) is 0 Å². The van der Waals surface area contributed by atoms with Crippen molar-refractivity contribution >= 4 is 0 Å². The summed E-state index contributed by atoms with van der Waals surface area (Å²) in [6.07, 6.45) is 9.24. The van der Waals surface area contributed by atoms with Crippen LogP contribution in [-0.4, -0.2) is 48.3 Å². The average Bonchev–Trinajstić information content (AvgIpc) is 2.67. The van der Waals surface area contributed by atoms with Gasteiger partial charge in [-0.15, -0.1) is 0 Å². The van der Waals surface area contributed by atoms with E-state index in [2.05, 4.69) is 31.0 Å². The molecule has 1 aliphatic heterocycles. The molecule has 0 amide bonds. The Balaban J connectivity index is 1.97. The van der Waals surface area contributed by atoms with Crippen LogP contribution in [0.4, 0.5) is 0 Å². The Kier molecular flexibility index (Phi) is 6.51. The quantitative estimate of drug-likeness (QED) is 0.766. The average molecular weight is 296 g/mol. The molecule has 2 atom stereocenters. The van der Waals surface area contributed by atoms with Gasteiger partial charge in [-0.05, 0) is 30.6 Å². The molecule has 0 spiro atoms. The van der Waals surface area contributed by atoms with Gasteiger partial charge in [0.2, 0.25) is 0 Å². The molecule has 2 N–H and O–H groups in total. The van der Waals surface area contributed by atoms with E-state index >= 15 is 0 Å². The van der Waals surface area contributed by atoms with Crippen LogP contribution in [0.25, 0.3) is 0 Å². The number of aliphatic hydroxyl groups excluding tert-OH is 1. The molecule has 2 unspecified atom stereocenters. The zero-order valence-electron chi connectivity index (χ0n) is 14.4. The Morgan fingerprint density at radius 3 is 2.43 bits per heavy atom. The third-order valence-electron chi connectivity index (χ3n) is 5.55. The van der Waals surface area contributed by atoms with Gasteiger partial charge >= 0.3 is 0 Å². The summed E-state index contributed by atoms with van der Waals surface area (Å²) in [4.78, 5) is 2.63. The summed E-state index contributed by atoms with van der Waals surface area (Å²) in [5, 5.41) is 13.7. The number of aliphatic hydroxyl groups is 1. The van der Waals surface area contributed by atoms with Gasteiger partial charge < -0.3 is 15.3 Å². The van der Waals surface area contributed by atoms with Crippen molar-refractivity contribution < 1.29 is 5.11 Å². The fourth-order valence-electron chi connectivity index (χ4n) is 4.13. The predicted octanol–water partition coefficient (Wildman–Crippen LogP) is 3.03. The minimum absolute atomic E-state index is 0.0832. The number of hydrogen-bond donors (Lipinski definition) is 2. The lowest BCUT2D eigenvalue weighted by molar-refractivity contribution is 0.0126. The number of likely N-dealkylation sites (tertiary alicyclic amines) is 1. The molecule has 2 aliphatic rings. The van der Waals surface area contributed by atoms with Gasteiger partial charge in [0.15, 0.2) is 0 Å². The van der Waals surface area contributed by atoms with Gasteiger partial charge in [-0.2, -0.15) is 0 Å². The normalized spacial score (nSPS) is 31.3. The highest BCUT2D eigenvalue weighted by atomic mass is 16.3. The second kappa shape index (κ2) is 7.94. The molecule has 2 fully saturated rings. The van der Waals surface area contributed by atoms with Gasteiger partial charge in [0.25, 0.3) is 0 Å². The van der Waals surface area contributed by atoms with Gasteiger partial charge in [0.05, 0.1) is 6.10 Å². The van der Waals surface area contributed by atoms with Gasteiger partial charge in [-0.1, -0.05) is 46.5 Å². The fraction of sp³-hybridized carbons (Fsp3) is 1.00. The second-order valence-electron chi connectivity index (χ2n) is 8.02. The lowest BCUT2D eigenvalue weighted by Gasteiger charge is -2.42. The maximum Gasteiger partial charge on any atom is 0.0590 e. The van der Waals surface area contributed by atoms with Crippen LogP contribution in [0, 0.1) is 11.3 Å². The van der Waals surface area contributed by atoms with Crippen molar-refractivity contribution in [3.05, 3.63) is 0 Å². The van der Waals surface area contributed by atoms with Crippen LogP contribution in [0.1, 0.15) is 65.7 Å². The molecule has 0 bridgehead atoms. The first-order chi connectivity index (χ1) is 10.0. The lowest BCUT2D eigenvalue weighted by atomic mass is 9.78. The van der Waals surface area contributed by atoms with Crippen molar-refractivity contribution in [2.45, 2.75) is 77.9 Å². The van der Waals surface area contributed by atoms with Gasteiger partial charge in [0, 0.05) is 32.2 Å². The Morgan fingerprint density at radius 2 is 1.86 bits per heavy atom. The first kappa shape index (κ1) is 17.2. The van der Waals surface area contributed by atoms with Gasteiger partial charge in [-0.3, -0.25) is 0 Å². The topological polar surface area (TPSA) is 35.5 Å². The van der Waals surface area contributed by atoms with Gasteiger partial charge in [-0.25, -0.2) is 0 Å². The third-order valence-corrected chi connectivity index (χ3v) is 5.55. The molecule has 1 aliphatic carbocycles. The molecule has 3 nitrogen and oxygen atoms in total. The van der Waals surface area contributed by atoms with E-state index in [0.717, 1.165) is 26.1 Å². The summed E-state index contributed by atoms with van der Waals surface area (Å²) in [6.45, 7) is 11.2. The first-order valence-electron chi connectivity index (χ1n) is 9.15. The van der Waals surface area contributed by atoms with Crippen molar-refractivity contribution in [2.75, 3.05) is 26.2 Å². The molecule has 1 heterocycles. The summed E-state index contributed by atoms with van der Waals surface area (Å²) in [5.74, 6) is 0.430. The standard InChI is InChI=1S/C18H36N2O/c1-15(2)19-13-18(9-6-4-5-7-10-18)14-20-11-8-17(21)16(3)12-20/h15-17,19,21H,4-14H2,1-3H3. The zero-order chi connectivity index (χ0) is 15.3. The van der Waals surface area contributed by atoms with Crippen molar-refractivity contribution in [3.63, 3.8) is 0 Å². The molecule has 2 rings (SSSR count). The SMILES string of the molecule is CC(C)NCC1(CN2CCC(O)C(C)C2)CCCCCC1. The van der Waals surface area contributed by atoms with E-state index in [-0.39, 0.29) is 6.10 Å². The molecule has 0 aromatic rings. The van der Waals surface area contributed by atoms with Crippen molar-refractivity contribution in [2.24, 2.45) is 11.3 Å². The number of piperidine rings is 1. The molecule has 0 aromatic carbocycles. The van der Waals surface area contributed by atoms with E-state index < -0.39 is 0 Å². The van der Waals surface area contributed by atoms with Crippen LogP contribution < -0.4 is 5.32 Å². The van der Waals surface area contributed by atoms with Crippen molar-refractivity contribution in [1.82, 2.24) is 10.2 Å². The summed E-state index contributed by atoms with van der Waals surface area (Å²) >= 11 is 0. The monoisotopic (exact) mass is 296 g/mol. The maximum absolute atomic E-state index is 9.95. The number of nitrogens with one attached hydrogen (secondary N) is 1. The van der Waals surface area contributed by atoms with E-state index in [0.29, 0.717) is 17.4 Å². The van der Waals surface area contributed by atoms with Crippen molar-refractivity contribution in [3.8, 4) is 0 Å². The second-order valence-corrected chi connectivity index (χ2v) is 8.02. The Labute approximate surface area is 131 Å². The Morgan fingerprint density at radius 1 is 1.19 bits per heavy atom.